The number of nitrogens with one attached hydrogen (secondary N) is 1. The molecular weight excluding hydrogens is 365 g/mol. The SMILES string of the molecule is Cc1nc(CNCc2cccnc2N2CCN(C)CC2)cs1.Cl.Cl. The first-order valence-corrected chi connectivity index (χ1v) is 8.59. The molecule has 1 aliphatic rings. The number of aryl methyl sites for hydroxylation is 1. The molecule has 8 heteroatoms. The quantitative estimate of drug-likeness (QED) is 0.851. The summed E-state index contributed by atoms with van der Waals surface area (Å²) < 4.78 is 0. The molecule has 3 rings (SSSR count). The van der Waals surface area contributed by atoms with E-state index in [1.165, 1.54) is 5.56 Å². The van der Waals surface area contributed by atoms with E-state index in [0.29, 0.717) is 0 Å². The molecule has 0 atom stereocenters. The van der Waals surface area contributed by atoms with Crippen molar-refractivity contribution in [1.29, 1.82) is 0 Å². The van der Waals surface area contributed by atoms with E-state index in [0.717, 1.165) is 55.8 Å². The summed E-state index contributed by atoms with van der Waals surface area (Å²) in [7, 11) is 2.17. The molecule has 1 N–H and O–H groups in total. The third-order valence-electron chi connectivity index (χ3n) is 3.96. The van der Waals surface area contributed by atoms with Crippen molar-refractivity contribution in [2.75, 3.05) is 38.1 Å². The lowest BCUT2D eigenvalue weighted by atomic mass is 10.2. The zero-order valence-electron chi connectivity index (χ0n) is 14.1. The number of nitrogens with zero attached hydrogens (tertiary/aromatic N) is 4. The zero-order chi connectivity index (χ0) is 15.4. The minimum Gasteiger partial charge on any atom is -0.354 e. The highest BCUT2D eigenvalue weighted by Gasteiger charge is 2.17. The maximum absolute atomic E-state index is 4.61. The number of thiazole rings is 1. The van der Waals surface area contributed by atoms with Crippen LogP contribution >= 0.6 is 36.2 Å². The molecule has 2 aromatic rings. The number of pyridine rings is 1. The third-order valence-corrected chi connectivity index (χ3v) is 4.78. The predicted octanol–water partition coefficient (Wildman–Crippen LogP) is 2.73. The van der Waals surface area contributed by atoms with Crippen LogP contribution < -0.4 is 10.2 Å². The first kappa shape index (κ1) is 21.1. The van der Waals surface area contributed by atoms with E-state index < -0.39 is 0 Å². The van der Waals surface area contributed by atoms with Gasteiger partial charge in [-0.1, -0.05) is 6.07 Å². The van der Waals surface area contributed by atoms with E-state index in [-0.39, 0.29) is 24.8 Å². The fourth-order valence-electron chi connectivity index (χ4n) is 2.69. The molecule has 3 heterocycles. The average Bonchev–Trinajstić information content (AvgIpc) is 2.94. The number of hydrogen-bond acceptors (Lipinski definition) is 6. The summed E-state index contributed by atoms with van der Waals surface area (Å²) in [5.74, 6) is 1.12. The molecule has 0 spiro atoms. The summed E-state index contributed by atoms with van der Waals surface area (Å²) in [5, 5.41) is 6.73. The van der Waals surface area contributed by atoms with Crippen molar-refractivity contribution in [3.8, 4) is 0 Å². The predicted molar refractivity (Wildman–Crippen MR) is 106 cm³/mol. The van der Waals surface area contributed by atoms with Gasteiger partial charge in [0.05, 0.1) is 10.7 Å². The average molecular weight is 390 g/mol. The second kappa shape index (κ2) is 10.2. The summed E-state index contributed by atoms with van der Waals surface area (Å²) in [6.45, 7) is 7.97. The Kier molecular flexibility index (Phi) is 8.94. The largest absolute Gasteiger partial charge is 0.354 e. The number of aromatic nitrogens is 2. The summed E-state index contributed by atoms with van der Waals surface area (Å²) in [6.07, 6.45) is 1.89. The van der Waals surface area contributed by atoms with Crippen LogP contribution in [-0.2, 0) is 13.1 Å². The smallest absolute Gasteiger partial charge is 0.133 e. The molecule has 0 aromatic carbocycles. The Hall–Kier alpha value is -0.920. The van der Waals surface area contributed by atoms with Gasteiger partial charge in [0.25, 0.3) is 0 Å². The summed E-state index contributed by atoms with van der Waals surface area (Å²) >= 11 is 1.70. The van der Waals surface area contributed by atoms with Crippen molar-refractivity contribution in [1.82, 2.24) is 20.2 Å². The first-order valence-electron chi connectivity index (χ1n) is 7.71. The molecule has 1 fully saturated rings. The normalized spacial score (nSPS) is 14.8. The second-order valence-corrected chi connectivity index (χ2v) is 6.80. The maximum Gasteiger partial charge on any atom is 0.133 e. The second-order valence-electron chi connectivity index (χ2n) is 5.74. The van der Waals surface area contributed by atoms with Crippen LogP contribution in [0.1, 0.15) is 16.3 Å². The Balaban J connectivity index is 0.00000144. The fraction of sp³-hybridized carbons (Fsp3) is 0.500. The monoisotopic (exact) mass is 389 g/mol. The van der Waals surface area contributed by atoms with Gasteiger partial charge in [0.2, 0.25) is 0 Å². The molecule has 1 saturated heterocycles. The zero-order valence-corrected chi connectivity index (χ0v) is 16.5. The number of likely N-dealkylation sites (N-methyl/N-ethyl adjacent to an activating group) is 1. The highest BCUT2D eigenvalue weighted by molar-refractivity contribution is 7.09. The van der Waals surface area contributed by atoms with Crippen LogP contribution in [0.15, 0.2) is 23.7 Å². The molecule has 1 aliphatic heterocycles. The van der Waals surface area contributed by atoms with Crippen molar-refractivity contribution in [3.05, 3.63) is 40.0 Å². The highest BCUT2D eigenvalue weighted by Crippen LogP contribution is 2.18. The van der Waals surface area contributed by atoms with E-state index in [2.05, 4.69) is 43.6 Å². The van der Waals surface area contributed by atoms with Crippen LogP contribution in [0.2, 0.25) is 0 Å². The van der Waals surface area contributed by atoms with Crippen LogP contribution in [-0.4, -0.2) is 48.1 Å². The van der Waals surface area contributed by atoms with Gasteiger partial charge in [0.15, 0.2) is 0 Å². The highest BCUT2D eigenvalue weighted by atomic mass is 35.5. The molecule has 134 valence electrons. The molecule has 2 aromatic heterocycles. The summed E-state index contributed by atoms with van der Waals surface area (Å²) in [4.78, 5) is 13.9. The maximum atomic E-state index is 4.61. The molecule has 0 aliphatic carbocycles. The lowest BCUT2D eigenvalue weighted by molar-refractivity contribution is 0.311. The Bertz CT molecular complexity index is 614. The van der Waals surface area contributed by atoms with Gasteiger partial charge < -0.3 is 15.1 Å². The molecule has 0 amide bonds. The van der Waals surface area contributed by atoms with Gasteiger partial charge in [0, 0.05) is 56.4 Å². The lowest BCUT2D eigenvalue weighted by Gasteiger charge is -2.34. The number of hydrogen-bond donors (Lipinski definition) is 1. The van der Waals surface area contributed by atoms with Crippen LogP contribution in [0, 0.1) is 6.92 Å². The van der Waals surface area contributed by atoms with E-state index in [1.54, 1.807) is 11.3 Å². The molecule has 0 unspecified atom stereocenters. The Morgan fingerprint density at radius 3 is 2.58 bits per heavy atom. The van der Waals surface area contributed by atoms with Gasteiger partial charge in [-0.2, -0.15) is 0 Å². The number of piperazine rings is 1. The van der Waals surface area contributed by atoms with E-state index >= 15 is 0 Å². The van der Waals surface area contributed by atoms with Gasteiger partial charge in [-0.25, -0.2) is 9.97 Å². The Labute approximate surface area is 160 Å². The van der Waals surface area contributed by atoms with Crippen LogP contribution in [0.25, 0.3) is 0 Å². The van der Waals surface area contributed by atoms with Crippen molar-refractivity contribution in [2.45, 2.75) is 20.0 Å². The summed E-state index contributed by atoms with van der Waals surface area (Å²) in [6, 6.07) is 4.18. The van der Waals surface area contributed by atoms with Gasteiger partial charge in [-0.3, -0.25) is 0 Å². The van der Waals surface area contributed by atoms with E-state index in [4.69, 9.17) is 0 Å². The molecule has 5 nitrogen and oxygen atoms in total. The van der Waals surface area contributed by atoms with Gasteiger partial charge >= 0.3 is 0 Å². The molecule has 0 saturated carbocycles. The van der Waals surface area contributed by atoms with Gasteiger partial charge in [-0.05, 0) is 20.0 Å². The van der Waals surface area contributed by atoms with Crippen molar-refractivity contribution in [3.63, 3.8) is 0 Å². The Morgan fingerprint density at radius 1 is 1.17 bits per heavy atom. The number of rotatable bonds is 5. The minimum absolute atomic E-state index is 0. The number of anilines is 1. The van der Waals surface area contributed by atoms with Crippen LogP contribution in [0.5, 0.6) is 0 Å². The van der Waals surface area contributed by atoms with Gasteiger partial charge in [-0.15, -0.1) is 36.2 Å². The van der Waals surface area contributed by atoms with E-state index in [1.807, 2.05) is 19.2 Å². The molecular formula is C16H25Cl2N5S. The fourth-order valence-corrected chi connectivity index (χ4v) is 3.30. The van der Waals surface area contributed by atoms with E-state index in [9.17, 15) is 0 Å². The van der Waals surface area contributed by atoms with Crippen molar-refractivity contribution >= 4 is 42.0 Å². The Morgan fingerprint density at radius 2 is 1.92 bits per heavy atom. The third kappa shape index (κ3) is 5.57. The molecule has 24 heavy (non-hydrogen) atoms. The minimum atomic E-state index is 0. The topological polar surface area (TPSA) is 44.3 Å². The first-order chi connectivity index (χ1) is 10.7. The van der Waals surface area contributed by atoms with Crippen molar-refractivity contribution < 1.29 is 0 Å². The van der Waals surface area contributed by atoms with Crippen LogP contribution in [0.3, 0.4) is 0 Å². The lowest BCUT2D eigenvalue weighted by Crippen LogP contribution is -2.45. The number of halogens is 2. The standard InChI is InChI=1S/C16H23N5S.2ClH/c1-13-19-15(12-22-13)11-17-10-14-4-3-5-18-16(14)21-8-6-20(2)7-9-21;;/h3-5,12,17H,6-11H2,1-2H3;2*1H. The van der Waals surface area contributed by atoms with Crippen LogP contribution in [0.4, 0.5) is 5.82 Å². The molecule has 0 bridgehead atoms. The van der Waals surface area contributed by atoms with Gasteiger partial charge in [0.1, 0.15) is 5.82 Å². The summed E-state index contributed by atoms with van der Waals surface area (Å²) in [5.41, 5.74) is 2.38. The van der Waals surface area contributed by atoms with Crippen molar-refractivity contribution in [2.24, 2.45) is 0 Å². The molecule has 0 radical (unpaired) electrons.